The summed E-state index contributed by atoms with van der Waals surface area (Å²) in [5.74, 6) is -3.09. The highest BCUT2D eigenvalue weighted by Crippen LogP contribution is 2.22. The van der Waals surface area contributed by atoms with Gasteiger partial charge in [-0.3, -0.25) is 24.7 Å². The van der Waals surface area contributed by atoms with Crippen LogP contribution in [0.4, 0.5) is 10.5 Å². The van der Waals surface area contributed by atoms with Gasteiger partial charge in [0.05, 0.1) is 18.7 Å². The van der Waals surface area contributed by atoms with Crippen molar-refractivity contribution >= 4 is 51.6 Å². The first-order chi connectivity index (χ1) is 11.9. The Bertz CT molecular complexity index is 717. The number of ether oxygens (including phenoxy) is 1. The number of barbiturate groups is 1. The van der Waals surface area contributed by atoms with E-state index < -0.39 is 29.7 Å². The molecule has 1 fully saturated rings. The maximum absolute atomic E-state index is 12.5. The Balaban J connectivity index is 2.09. The number of imide groups is 2. The second kappa shape index (κ2) is 8.52. The number of aliphatic imine (C=N–C) groups is 1. The summed E-state index contributed by atoms with van der Waals surface area (Å²) in [6, 6.07) is 5.69. The molecule has 9 heteroatoms. The molecule has 2 rings (SSSR count). The third-order valence-corrected chi connectivity index (χ3v) is 3.82. The summed E-state index contributed by atoms with van der Waals surface area (Å²) < 4.78 is 5.55. The summed E-state index contributed by atoms with van der Waals surface area (Å²) in [6.07, 6.45) is 1.19. The summed E-state index contributed by atoms with van der Waals surface area (Å²) in [7, 11) is 0. The minimum Gasteiger partial charge on any atom is -0.466 e. The number of rotatable bonds is 6. The molecule has 0 radical (unpaired) electrons. The summed E-state index contributed by atoms with van der Waals surface area (Å²) in [5, 5.41) is 2.13. The van der Waals surface area contributed by atoms with Crippen molar-refractivity contribution < 1.29 is 23.9 Å². The molecule has 1 N–H and O–H groups in total. The highest BCUT2D eigenvalue weighted by Gasteiger charge is 2.40. The minimum atomic E-state index is -1.23. The predicted molar refractivity (Wildman–Crippen MR) is 93.3 cm³/mol. The largest absolute Gasteiger partial charge is 0.466 e. The van der Waals surface area contributed by atoms with Gasteiger partial charge in [0.15, 0.2) is 5.92 Å². The van der Waals surface area contributed by atoms with Crippen LogP contribution in [0.5, 0.6) is 0 Å². The molecule has 1 atom stereocenters. The molecule has 4 amide bonds. The number of esters is 1. The number of anilines is 1. The topological polar surface area (TPSA) is 105 Å². The Morgan fingerprint density at radius 3 is 2.64 bits per heavy atom. The molecule has 0 bridgehead atoms. The normalized spacial score (nSPS) is 17.8. The van der Waals surface area contributed by atoms with Crippen LogP contribution in [0.2, 0.25) is 0 Å². The van der Waals surface area contributed by atoms with Crippen molar-refractivity contribution in [3.05, 3.63) is 28.7 Å². The van der Waals surface area contributed by atoms with Crippen molar-refractivity contribution in [1.29, 1.82) is 0 Å². The van der Waals surface area contributed by atoms with E-state index in [0.29, 0.717) is 5.69 Å². The van der Waals surface area contributed by atoms with Gasteiger partial charge in [0.25, 0.3) is 5.91 Å². The molecule has 1 aliphatic heterocycles. The second-order valence-electron chi connectivity index (χ2n) is 5.03. The quantitative estimate of drug-likeness (QED) is 0.437. The van der Waals surface area contributed by atoms with Gasteiger partial charge in [0.2, 0.25) is 5.91 Å². The molecule has 132 valence electrons. The molecule has 1 unspecified atom stereocenters. The van der Waals surface area contributed by atoms with Gasteiger partial charge in [0, 0.05) is 17.2 Å². The number of carbonyl (C=O) groups is 4. The van der Waals surface area contributed by atoms with Gasteiger partial charge in [-0.15, -0.1) is 0 Å². The summed E-state index contributed by atoms with van der Waals surface area (Å²) in [5.41, 5.74) is 0.336. The van der Waals surface area contributed by atoms with Gasteiger partial charge in [0.1, 0.15) is 0 Å². The molecule has 1 aromatic rings. The smallest absolute Gasteiger partial charge is 0.335 e. The highest BCUT2D eigenvalue weighted by molar-refractivity contribution is 9.10. The van der Waals surface area contributed by atoms with Crippen LogP contribution >= 0.6 is 15.9 Å². The summed E-state index contributed by atoms with van der Waals surface area (Å²) in [4.78, 5) is 52.5. The Morgan fingerprint density at radius 2 is 2.00 bits per heavy atom. The van der Waals surface area contributed by atoms with E-state index in [2.05, 4.69) is 26.2 Å². The molecule has 0 aromatic heterocycles. The fourth-order valence-electron chi connectivity index (χ4n) is 2.13. The first-order valence-corrected chi connectivity index (χ1v) is 8.33. The molecule has 1 aliphatic rings. The Morgan fingerprint density at radius 1 is 1.32 bits per heavy atom. The van der Waals surface area contributed by atoms with Crippen molar-refractivity contribution in [2.75, 3.05) is 18.1 Å². The van der Waals surface area contributed by atoms with Crippen molar-refractivity contribution in [2.45, 2.75) is 13.3 Å². The van der Waals surface area contributed by atoms with Crippen molar-refractivity contribution in [3.8, 4) is 0 Å². The van der Waals surface area contributed by atoms with Crippen molar-refractivity contribution in [1.82, 2.24) is 5.32 Å². The van der Waals surface area contributed by atoms with Crippen LogP contribution in [-0.2, 0) is 19.1 Å². The SMILES string of the molecule is CCOC(=O)CCN=CC1C(=O)NC(=O)N(c2ccc(Br)cc2)C1=O. The van der Waals surface area contributed by atoms with Crippen LogP contribution in [-0.4, -0.2) is 43.2 Å². The van der Waals surface area contributed by atoms with Gasteiger partial charge in [-0.25, -0.2) is 9.69 Å². The lowest BCUT2D eigenvalue weighted by Crippen LogP contribution is -2.58. The Hall–Kier alpha value is -2.55. The molecule has 0 saturated carbocycles. The number of carbonyl (C=O) groups excluding carboxylic acids is 4. The van der Waals surface area contributed by atoms with Gasteiger partial charge in [-0.05, 0) is 31.2 Å². The maximum atomic E-state index is 12.5. The van der Waals surface area contributed by atoms with Crippen molar-refractivity contribution in [3.63, 3.8) is 0 Å². The molecule has 1 heterocycles. The third kappa shape index (κ3) is 4.72. The zero-order chi connectivity index (χ0) is 18.4. The number of benzene rings is 1. The Labute approximate surface area is 152 Å². The summed E-state index contributed by atoms with van der Waals surface area (Å²) in [6.45, 7) is 2.05. The van der Waals surface area contributed by atoms with Crippen LogP contribution in [0.15, 0.2) is 33.7 Å². The number of halogens is 1. The molecule has 0 aliphatic carbocycles. The fourth-order valence-corrected chi connectivity index (χ4v) is 2.39. The standard InChI is InChI=1S/C16H16BrN3O5/c1-2-25-13(21)7-8-18-9-12-14(22)19-16(24)20(15(12)23)11-5-3-10(17)4-6-11/h3-6,9,12H,2,7-8H2,1H3,(H,19,22,24). The van der Waals surface area contributed by atoms with E-state index in [1.54, 1.807) is 31.2 Å². The number of nitrogens with one attached hydrogen (secondary N) is 1. The van der Waals surface area contributed by atoms with Crippen LogP contribution in [0.25, 0.3) is 0 Å². The van der Waals surface area contributed by atoms with Crippen LogP contribution in [0.3, 0.4) is 0 Å². The number of amides is 4. The summed E-state index contributed by atoms with van der Waals surface area (Å²) >= 11 is 3.27. The van der Waals surface area contributed by atoms with E-state index in [-0.39, 0.29) is 19.6 Å². The average Bonchev–Trinajstić information content (AvgIpc) is 2.55. The van der Waals surface area contributed by atoms with Crippen LogP contribution in [0.1, 0.15) is 13.3 Å². The third-order valence-electron chi connectivity index (χ3n) is 3.29. The first-order valence-electron chi connectivity index (χ1n) is 7.54. The van der Waals surface area contributed by atoms with Crippen LogP contribution < -0.4 is 10.2 Å². The van der Waals surface area contributed by atoms with E-state index in [9.17, 15) is 19.2 Å². The van der Waals surface area contributed by atoms with Crippen molar-refractivity contribution in [2.24, 2.45) is 10.9 Å². The van der Waals surface area contributed by atoms with Gasteiger partial charge < -0.3 is 4.74 Å². The van der Waals surface area contributed by atoms with Crippen LogP contribution in [0, 0.1) is 5.92 Å². The monoisotopic (exact) mass is 409 g/mol. The molecular formula is C16H16BrN3O5. The Kier molecular flexibility index (Phi) is 6.40. The number of nitrogens with zero attached hydrogens (tertiary/aromatic N) is 2. The average molecular weight is 410 g/mol. The second-order valence-corrected chi connectivity index (χ2v) is 5.95. The van der Waals surface area contributed by atoms with Gasteiger partial charge in [-0.2, -0.15) is 0 Å². The van der Waals surface area contributed by atoms with E-state index in [4.69, 9.17) is 4.74 Å². The highest BCUT2D eigenvalue weighted by atomic mass is 79.9. The lowest BCUT2D eigenvalue weighted by molar-refractivity contribution is -0.142. The van der Waals surface area contributed by atoms with Gasteiger partial charge >= 0.3 is 12.0 Å². The first kappa shape index (κ1) is 18.8. The van der Waals surface area contributed by atoms with Gasteiger partial charge in [-0.1, -0.05) is 15.9 Å². The molecule has 8 nitrogen and oxygen atoms in total. The maximum Gasteiger partial charge on any atom is 0.335 e. The van der Waals surface area contributed by atoms with E-state index in [1.165, 1.54) is 0 Å². The fraction of sp³-hybridized carbons (Fsp3) is 0.312. The zero-order valence-electron chi connectivity index (χ0n) is 13.4. The molecule has 1 aromatic carbocycles. The van der Waals surface area contributed by atoms with E-state index in [0.717, 1.165) is 15.6 Å². The molecular weight excluding hydrogens is 394 g/mol. The van der Waals surface area contributed by atoms with E-state index >= 15 is 0 Å². The number of hydrogen-bond acceptors (Lipinski definition) is 6. The van der Waals surface area contributed by atoms with E-state index in [1.807, 2.05) is 0 Å². The zero-order valence-corrected chi connectivity index (χ0v) is 15.0. The number of hydrogen-bond donors (Lipinski definition) is 1. The lowest BCUT2D eigenvalue weighted by Gasteiger charge is -2.28. The molecule has 0 spiro atoms. The molecule has 25 heavy (non-hydrogen) atoms. The number of urea groups is 1. The lowest BCUT2D eigenvalue weighted by atomic mass is 10.1. The minimum absolute atomic E-state index is 0.0439. The predicted octanol–water partition coefficient (Wildman–Crippen LogP) is 1.67. The molecule has 1 saturated heterocycles.